The van der Waals surface area contributed by atoms with Crippen LogP contribution in [0, 0.1) is 6.92 Å². The summed E-state index contributed by atoms with van der Waals surface area (Å²) in [6, 6.07) is 6.05. The van der Waals surface area contributed by atoms with Crippen LogP contribution in [0.25, 0.3) is 6.08 Å². The maximum absolute atomic E-state index is 8.96. The van der Waals surface area contributed by atoms with Crippen LogP contribution in [0.3, 0.4) is 0 Å². The molecular weight excluding hydrogens is 228 g/mol. The van der Waals surface area contributed by atoms with E-state index >= 15 is 0 Å². The Morgan fingerprint density at radius 3 is 2.77 bits per heavy atom. The quantitative estimate of drug-likeness (QED) is 0.806. The summed E-state index contributed by atoms with van der Waals surface area (Å²) < 4.78 is 0. The molecule has 0 aliphatic heterocycles. The highest BCUT2D eigenvalue weighted by molar-refractivity contribution is 9.09. The van der Waals surface area contributed by atoms with E-state index in [-0.39, 0.29) is 6.61 Å². The Hall–Kier alpha value is -0.600. The van der Waals surface area contributed by atoms with E-state index in [1.54, 1.807) is 0 Å². The second-order valence-electron chi connectivity index (χ2n) is 2.90. The molecule has 0 fully saturated rings. The Morgan fingerprint density at radius 2 is 2.23 bits per heavy atom. The second-order valence-corrected chi connectivity index (χ2v) is 3.55. The van der Waals surface area contributed by atoms with Crippen molar-refractivity contribution in [3.05, 3.63) is 41.0 Å². The topological polar surface area (TPSA) is 20.2 Å². The highest BCUT2D eigenvalue weighted by atomic mass is 79.9. The van der Waals surface area contributed by atoms with Gasteiger partial charge >= 0.3 is 0 Å². The Kier molecular flexibility index (Phi) is 4.19. The number of aliphatic hydroxyl groups is 1. The molecule has 1 aromatic rings. The highest BCUT2D eigenvalue weighted by Gasteiger charge is 1.95. The van der Waals surface area contributed by atoms with Gasteiger partial charge in [-0.3, -0.25) is 0 Å². The number of aliphatic hydroxyl groups excluding tert-OH is 1. The number of benzene rings is 1. The molecule has 13 heavy (non-hydrogen) atoms. The highest BCUT2D eigenvalue weighted by Crippen LogP contribution is 2.12. The third kappa shape index (κ3) is 2.98. The van der Waals surface area contributed by atoms with Crippen LogP contribution in [-0.2, 0) is 6.61 Å². The molecule has 1 N–H and O–H groups in total. The fraction of sp³-hybridized carbons (Fsp3) is 0.273. The number of halogens is 1. The van der Waals surface area contributed by atoms with Crippen molar-refractivity contribution in [3.63, 3.8) is 0 Å². The molecule has 1 aromatic carbocycles. The van der Waals surface area contributed by atoms with E-state index in [0.29, 0.717) is 0 Å². The van der Waals surface area contributed by atoms with Crippen molar-refractivity contribution < 1.29 is 5.11 Å². The van der Waals surface area contributed by atoms with Crippen molar-refractivity contribution >= 4 is 22.0 Å². The van der Waals surface area contributed by atoms with Gasteiger partial charge in [-0.05, 0) is 23.6 Å². The van der Waals surface area contributed by atoms with E-state index < -0.39 is 0 Å². The smallest absolute Gasteiger partial charge is 0.0684 e. The number of rotatable bonds is 3. The van der Waals surface area contributed by atoms with Crippen LogP contribution >= 0.6 is 15.9 Å². The minimum Gasteiger partial charge on any atom is -0.392 e. The predicted molar refractivity (Wildman–Crippen MR) is 59.9 cm³/mol. The lowest BCUT2D eigenvalue weighted by Crippen LogP contribution is -1.88. The molecule has 0 aliphatic carbocycles. The number of allylic oxidation sites excluding steroid dienone is 1. The van der Waals surface area contributed by atoms with E-state index in [4.69, 9.17) is 5.11 Å². The molecule has 2 heteroatoms. The maximum Gasteiger partial charge on any atom is 0.0684 e. The van der Waals surface area contributed by atoms with Crippen molar-refractivity contribution in [2.24, 2.45) is 0 Å². The van der Waals surface area contributed by atoms with Crippen molar-refractivity contribution in [1.82, 2.24) is 0 Å². The third-order valence-corrected chi connectivity index (χ3v) is 2.31. The van der Waals surface area contributed by atoms with Crippen LogP contribution in [0.1, 0.15) is 16.7 Å². The number of hydrogen-bond donors (Lipinski definition) is 1. The zero-order valence-electron chi connectivity index (χ0n) is 7.63. The Bertz CT molecular complexity index is 305. The van der Waals surface area contributed by atoms with Gasteiger partial charge in [-0.1, -0.05) is 46.3 Å². The molecule has 0 amide bonds. The molecule has 0 spiro atoms. The van der Waals surface area contributed by atoms with Gasteiger partial charge in [0.15, 0.2) is 0 Å². The van der Waals surface area contributed by atoms with Gasteiger partial charge in [0.25, 0.3) is 0 Å². The third-order valence-electron chi connectivity index (χ3n) is 1.94. The molecule has 1 rings (SSSR count). The van der Waals surface area contributed by atoms with Gasteiger partial charge in [0.1, 0.15) is 0 Å². The molecule has 0 radical (unpaired) electrons. The zero-order chi connectivity index (χ0) is 9.68. The van der Waals surface area contributed by atoms with Gasteiger partial charge in [0.2, 0.25) is 0 Å². The van der Waals surface area contributed by atoms with Gasteiger partial charge in [-0.2, -0.15) is 0 Å². The Morgan fingerprint density at radius 1 is 1.46 bits per heavy atom. The van der Waals surface area contributed by atoms with E-state index in [2.05, 4.69) is 28.1 Å². The number of aryl methyl sites for hydroxylation is 1. The van der Waals surface area contributed by atoms with E-state index in [9.17, 15) is 0 Å². The summed E-state index contributed by atoms with van der Waals surface area (Å²) in [5.41, 5.74) is 3.31. The minimum atomic E-state index is 0.119. The van der Waals surface area contributed by atoms with Gasteiger partial charge in [-0.25, -0.2) is 0 Å². The van der Waals surface area contributed by atoms with E-state index in [1.807, 2.05) is 25.1 Å². The summed E-state index contributed by atoms with van der Waals surface area (Å²) in [6.45, 7) is 2.13. The first-order valence-corrected chi connectivity index (χ1v) is 5.33. The molecule has 1 nitrogen and oxygen atoms in total. The van der Waals surface area contributed by atoms with Crippen LogP contribution in [-0.4, -0.2) is 10.4 Å². The first-order chi connectivity index (χ1) is 6.27. The van der Waals surface area contributed by atoms with Crippen LogP contribution in [0.5, 0.6) is 0 Å². The SMILES string of the molecule is Cc1cc(C=CCBr)ccc1CO. The summed E-state index contributed by atoms with van der Waals surface area (Å²) in [7, 11) is 0. The lowest BCUT2D eigenvalue weighted by Gasteiger charge is -2.02. The standard InChI is InChI=1S/C11H13BrO/c1-9-7-10(3-2-6-12)4-5-11(9)8-13/h2-5,7,13H,6,8H2,1H3. The summed E-state index contributed by atoms with van der Waals surface area (Å²) in [5, 5.41) is 9.83. The first kappa shape index (κ1) is 10.5. The van der Waals surface area contributed by atoms with Crippen LogP contribution in [0.4, 0.5) is 0 Å². The van der Waals surface area contributed by atoms with Crippen LogP contribution in [0.15, 0.2) is 24.3 Å². The molecule has 0 saturated carbocycles. The minimum absolute atomic E-state index is 0.119. The molecular formula is C11H13BrO. The predicted octanol–water partition coefficient (Wildman–Crippen LogP) is 2.90. The lowest BCUT2D eigenvalue weighted by molar-refractivity contribution is 0.281. The maximum atomic E-state index is 8.96. The average molecular weight is 241 g/mol. The molecule has 0 heterocycles. The normalized spacial score (nSPS) is 11.0. The summed E-state index contributed by atoms with van der Waals surface area (Å²) in [5.74, 6) is 0. The molecule has 0 atom stereocenters. The van der Waals surface area contributed by atoms with Gasteiger partial charge in [-0.15, -0.1) is 0 Å². The molecule has 0 aliphatic rings. The van der Waals surface area contributed by atoms with E-state index in [1.165, 1.54) is 5.56 Å². The fourth-order valence-corrected chi connectivity index (χ4v) is 1.37. The molecule has 0 saturated heterocycles. The zero-order valence-corrected chi connectivity index (χ0v) is 9.21. The lowest BCUT2D eigenvalue weighted by atomic mass is 10.1. The van der Waals surface area contributed by atoms with Crippen molar-refractivity contribution in [2.75, 3.05) is 5.33 Å². The molecule has 0 unspecified atom stereocenters. The molecule has 0 bridgehead atoms. The first-order valence-electron chi connectivity index (χ1n) is 4.21. The number of alkyl halides is 1. The van der Waals surface area contributed by atoms with Gasteiger partial charge < -0.3 is 5.11 Å². The second kappa shape index (κ2) is 5.20. The van der Waals surface area contributed by atoms with E-state index in [0.717, 1.165) is 16.5 Å². The number of hydrogen-bond acceptors (Lipinski definition) is 1. The summed E-state index contributed by atoms with van der Waals surface area (Å²) in [6.07, 6.45) is 4.11. The molecule has 70 valence electrons. The van der Waals surface area contributed by atoms with Crippen LogP contribution in [0.2, 0.25) is 0 Å². The molecule has 0 aromatic heterocycles. The summed E-state index contributed by atoms with van der Waals surface area (Å²) >= 11 is 3.33. The Labute approximate surface area is 87.2 Å². The van der Waals surface area contributed by atoms with Crippen molar-refractivity contribution in [2.45, 2.75) is 13.5 Å². The largest absolute Gasteiger partial charge is 0.392 e. The van der Waals surface area contributed by atoms with Crippen LogP contribution < -0.4 is 0 Å². The van der Waals surface area contributed by atoms with Crippen molar-refractivity contribution in [3.8, 4) is 0 Å². The fourth-order valence-electron chi connectivity index (χ4n) is 1.18. The van der Waals surface area contributed by atoms with Gasteiger partial charge in [0.05, 0.1) is 6.61 Å². The Balaban J connectivity index is 2.89. The van der Waals surface area contributed by atoms with Gasteiger partial charge in [0, 0.05) is 5.33 Å². The average Bonchev–Trinajstić information content (AvgIpc) is 2.15. The summed E-state index contributed by atoms with van der Waals surface area (Å²) in [4.78, 5) is 0. The monoisotopic (exact) mass is 240 g/mol. The van der Waals surface area contributed by atoms with Crippen molar-refractivity contribution in [1.29, 1.82) is 0 Å².